The summed E-state index contributed by atoms with van der Waals surface area (Å²) in [5, 5.41) is 9.56. The highest BCUT2D eigenvalue weighted by Gasteiger charge is 2.31. The number of unbranched alkanes of at least 4 members (excludes halogenated alkanes) is 11. The van der Waals surface area contributed by atoms with Gasteiger partial charge in [0, 0.05) is 19.3 Å². The summed E-state index contributed by atoms with van der Waals surface area (Å²) in [7, 11) is 5.50. The first kappa shape index (κ1) is 43.5. The van der Waals surface area contributed by atoms with Crippen LogP contribution in [0.5, 0.6) is 0 Å². The Hall–Kier alpha value is -2.45. The molecule has 0 aromatic heterocycles. The zero-order chi connectivity index (χ0) is 34.3. The molecule has 0 bridgehead atoms. The van der Waals surface area contributed by atoms with Crippen LogP contribution in [0.25, 0.3) is 0 Å². The maximum atomic E-state index is 12.6. The van der Waals surface area contributed by atoms with Gasteiger partial charge < -0.3 is 23.8 Å². The molecule has 0 aromatic carbocycles. The lowest BCUT2D eigenvalue weighted by molar-refractivity contribution is -0.887. The van der Waals surface area contributed by atoms with Crippen molar-refractivity contribution in [2.45, 2.75) is 148 Å². The van der Waals surface area contributed by atoms with Gasteiger partial charge in [-0.05, 0) is 57.8 Å². The van der Waals surface area contributed by atoms with Crippen LogP contribution in [-0.2, 0) is 28.6 Å². The number of carbonyl (C=O) groups is 3. The summed E-state index contributed by atoms with van der Waals surface area (Å²) in [5.74, 6) is -1.51. The van der Waals surface area contributed by atoms with Gasteiger partial charge in [0.25, 0.3) is 0 Å². The summed E-state index contributed by atoms with van der Waals surface area (Å²) in [5.41, 5.74) is 0. The van der Waals surface area contributed by atoms with Crippen LogP contribution >= 0.6 is 0 Å². The van der Waals surface area contributed by atoms with Crippen LogP contribution in [-0.4, -0.2) is 80.6 Å². The van der Waals surface area contributed by atoms with Crippen LogP contribution in [0.1, 0.15) is 136 Å². The first-order valence-electron chi connectivity index (χ1n) is 18.0. The normalized spacial score (nSPS) is 13.5. The third kappa shape index (κ3) is 27.8. The minimum absolute atomic E-state index is 0.0518. The molecule has 0 rings (SSSR count). The number of allylic oxidation sites excluding steroid dienone is 6. The predicted molar refractivity (Wildman–Crippen MR) is 188 cm³/mol. The zero-order valence-electron chi connectivity index (χ0n) is 30.0. The van der Waals surface area contributed by atoms with E-state index in [0.717, 1.165) is 89.9 Å². The number of nitrogens with zero attached hydrogens (tertiary/aromatic N) is 1. The van der Waals surface area contributed by atoms with Crippen molar-refractivity contribution in [3.63, 3.8) is 0 Å². The van der Waals surface area contributed by atoms with E-state index in [1.807, 2.05) is 21.1 Å². The molecule has 0 heterocycles. The monoisotopic (exact) mass is 650 g/mol. The summed E-state index contributed by atoms with van der Waals surface area (Å²) in [6, 6.07) is -0.616. The Bertz CT molecular complexity index is 860. The molecule has 0 aliphatic heterocycles. The van der Waals surface area contributed by atoms with E-state index in [9.17, 15) is 19.5 Å². The minimum Gasteiger partial charge on any atom is -0.477 e. The number of carbonyl (C=O) groups excluding carboxylic acids is 2. The second-order valence-corrected chi connectivity index (χ2v) is 13.1. The van der Waals surface area contributed by atoms with Crippen LogP contribution in [0.2, 0.25) is 0 Å². The van der Waals surface area contributed by atoms with Crippen molar-refractivity contribution in [1.82, 2.24) is 0 Å². The summed E-state index contributed by atoms with van der Waals surface area (Å²) in [4.78, 5) is 36.6. The maximum absolute atomic E-state index is 12.6. The van der Waals surface area contributed by atoms with E-state index < -0.39 is 18.1 Å². The van der Waals surface area contributed by atoms with Crippen LogP contribution in [0.3, 0.4) is 0 Å². The molecule has 8 heteroatoms. The smallest absolute Gasteiger partial charge is 0.362 e. The molecule has 0 saturated heterocycles. The SMILES string of the molecule is CC/C=C/C/C=C/CCCCCCCC(=O)OCC(COCCC(C(=O)O)[N+](C)(C)C)OC(=O)CCCCCC/C=C/CCCC. The summed E-state index contributed by atoms with van der Waals surface area (Å²) < 4.78 is 17.1. The molecular weight excluding hydrogens is 582 g/mol. The van der Waals surface area contributed by atoms with Crippen LogP contribution in [0.15, 0.2) is 36.5 Å². The highest BCUT2D eigenvalue weighted by molar-refractivity contribution is 5.72. The quantitative estimate of drug-likeness (QED) is 0.0347. The fraction of sp³-hybridized carbons (Fsp3) is 0.763. The number of hydrogen-bond donors (Lipinski definition) is 1. The summed E-state index contributed by atoms with van der Waals surface area (Å²) in [6.45, 7) is 4.53. The number of hydrogen-bond acceptors (Lipinski definition) is 6. The molecule has 0 fully saturated rings. The Balaban J connectivity index is 4.49. The highest BCUT2D eigenvalue weighted by atomic mass is 16.6. The van der Waals surface area contributed by atoms with Gasteiger partial charge >= 0.3 is 17.9 Å². The number of esters is 2. The van der Waals surface area contributed by atoms with Gasteiger partial charge in [0.2, 0.25) is 0 Å². The van der Waals surface area contributed by atoms with Gasteiger partial charge in [-0.15, -0.1) is 0 Å². The van der Waals surface area contributed by atoms with E-state index in [4.69, 9.17) is 14.2 Å². The second kappa shape index (κ2) is 29.9. The summed E-state index contributed by atoms with van der Waals surface area (Å²) >= 11 is 0. The minimum atomic E-state index is -0.882. The van der Waals surface area contributed by atoms with Gasteiger partial charge in [-0.3, -0.25) is 9.59 Å². The Morgan fingerprint density at radius 1 is 0.674 bits per heavy atom. The van der Waals surface area contributed by atoms with Crippen LogP contribution < -0.4 is 0 Å². The van der Waals surface area contributed by atoms with Crippen molar-refractivity contribution < 1.29 is 38.2 Å². The fourth-order valence-electron chi connectivity index (χ4n) is 4.93. The largest absolute Gasteiger partial charge is 0.477 e. The third-order valence-electron chi connectivity index (χ3n) is 7.77. The lowest BCUT2D eigenvalue weighted by atomic mass is 10.1. The molecule has 2 unspecified atom stereocenters. The predicted octanol–water partition coefficient (Wildman–Crippen LogP) is 8.74. The zero-order valence-corrected chi connectivity index (χ0v) is 30.0. The molecule has 0 aliphatic carbocycles. The van der Waals surface area contributed by atoms with Crippen LogP contribution in [0.4, 0.5) is 0 Å². The van der Waals surface area contributed by atoms with Crippen molar-refractivity contribution in [3.05, 3.63) is 36.5 Å². The Morgan fingerprint density at radius 3 is 1.80 bits per heavy atom. The van der Waals surface area contributed by atoms with Gasteiger partial charge in [-0.25, -0.2) is 4.79 Å². The standard InChI is InChI=1S/C38H67NO7/c1-6-8-10-12-14-16-18-19-21-22-24-26-28-36(40)45-33-34(32-44-31-30-35(38(42)43)39(3,4)5)46-37(41)29-27-25-23-20-17-15-13-11-9-7-2/h8,10,13-16,34-35H,6-7,9,11-12,17-33H2,1-5H3/p+1/b10-8+,15-13+,16-14+. The van der Waals surface area contributed by atoms with E-state index in [1.165, 1.54) is 12.8 Å². The van der Waals surface area contributed by atoms with Gasteiger partial charge in [0.15, 0.2) is 12.1 Å². The van der Waals surface area contributed by atoms with Crippen molar-refractivity contribution >= 4 is 17.9 Å². The topological polar surface area (TPSA) is 99.1 Å². The van der Waals surface area contributed by atoms with Gasteiger partial charge in [0.05, 0.1) is 34.4 Å². The molecule has 46 heavy (non-hydrogen) atoms. The molecule has 266 valence electrons. The number of likely N-dealkylation sites (N-methyl/N-ethyl adjacent to an activating group) is 1. The molecule has 1 N–H and O–H groups in total. The lowest BCUT2D eigenvalue weighted by Gasteiger charge is -2.31. The molecule has 0 aromatic rings. The first-order valence-corrected chi connectivity index (χ1v) is 18.0. The number of rotatable bonds is 31. The van der Waals surface area contributed by atoms with E-state index in [0.29, 0.717) is 19.3 Å². The molecule has 0 spiro atoms. The van der Waals surface area contributed by atoms with E-state index in [1.54, 1.807) is 0 Å². The van der Waals surface area contributed by atoms with Crippen molar-refractivity contribution in [3.8, 4) is 0 Å². The average molecular weight is 651 g/mol. The number of carboxylic acid groups (broad SMARTS) is 1. The Labute approximate surface area is 281 Å². The molecule has 0 saturated carbocycles. The highest BCUT2D eigenvalue weighted by Crippen LogP contribution is 2.12. The van der Waals surface area contributed by atoms with Gasteiger partial charge in [0.1, 0.15) is 6.61 Å². The third-order valence-corrected chi connectivity index (χ3v) is 7.77. The molecule has 0 aliphatic rings. The van der Waals surface area contributed by atoms with E-state index >= 15 is 0 Å². The van der Waals surface area contributed by atoms with Gasteiger partial charge in [-0.2, -0.15) is 0 Å². The average Bonchev–Trinajstić information content (AvgIpc) is 3.00. The molecule has 2 atom stereocenters. The summed E-state index contributed by atoms with van der Waals surface area (Å²) in [6.07, 6.45) is 30.5. The number of aliphatic carboxylic acids is 1. The van der Waals surface area contributed by atoms with E-state index in [2.05, 4.69) is 50.3 Å². The maximum Gasteiger partial charge on any atom is 0.362 e. The number of carboxylic acids is 1. The first-order chi connectivity index (χ1) is 22.1. The molecule has 0 amide bonds. The van der Waals surface area contributed by atoms with E-state index in [-0.39, 0.29) is 36.2 Å². The Morgan fingerprint density at radius 2 is 1.22 bits per heavy atom. The number of quaternary nitrogens is 1. The number of ether oxygens (including phenoxy) is 3. The van der Waals surface area contributed by atoms with Crippen molar-refractivity contribution in [1.29, 1.82) is 0 Å². The second-order valence-electron chi connectivity index (χ2n) is 13.1. The van der Waals surface area contributed by atoms with Crippen LogP contribution in [0, 0.1) is 0 Å². The molecule has 0 radical (unpaired) electrons. The Kier molecular flexibility index (Phi) is 28.3. The molecule has 8 nitrogen and oxygen atoms in total. The fourth-order valence-corrected chi connectivity index (χ4v) is 4.93. The lowest BCUT2D eigenvalue weighted by Crippen LogP contribution is -2.50. The van der Waals surface area contributed by atoms with Crippen molar-refractivity contribution in [2.75, 3.05) is 41.0 Å². The molecular formula is C38H68NO7+. The van der Waals surface area contributed by atoms with Crippen molar-refractivity contribution in [2.24, 2.45) is 0 Å². The van der Waals surface area contributed by atoms with Gasteiger partial charge in [-0.1, -0.05) is 95.2 Å².